The first-order valence-corrected chi connectivity index (χ1v) is 8.72. The van der Waals surface area contributed by atoms with Gasteiger partial charge in [-0.05, 0) is 36.8 Å². The fourth-order valence-corrected chi connectivity index (χ4v) is 2.43. The molecule has 0 bridgehead atoms. The van der Waals surface area contributed by atoms with Gasteiger partial charge in [-0.3, -0.25) is 0 Å². The Morgan fingerprint density at radius 2 is 1.64 bits per heavy atom. The molecule has 132 valence electrons. The normalized spacial score (nSPS) is 10.4. The molecule has 0 aliphatic rings. The summed E-state index contributed by atoms with van der Waals surface area (Å²) < 4.78 is 10.4. The maximum atomic E-state index is 12.3. The third-order valence-corrected chi connectivity index (χ3v) is 4.24. The molecule has 0 radical (unpaired) electrons. The molecule has 0 fully saturated rings. The minimum absolute atomic E-state index is 0.156. The molecule has 2 rings (SSSR count). The van der Waals surface area contributed by atoms with Crippen molar-refractivity contribution in [2.24, 2.45) is 0 Å². The van der Waals surface area contributed by atoms with Crippen LogP contribution in [0.4, 0.5) is 0 Å². The van der Waals surface area contributed by atoms with E-state index in [2.05, 4.69) is 6.92 Å². The molecule has 0 spiro atoms. The zero-order chi connectivity index (χ0) is 18.2. The number of carbonyl (C=O) groups is 2. The lowest BCUT2D eigenvalue weighted by molar-refractivity contribution is 0.0498. The van der Waals surface area contributed by atoms with E-state index in [0.29, 0.717) is 12.2 Å². The molecule has 0 atom stereocenters. The highest BCUT2D eigenvalue weighted by Crippen LogP contribution is 2.31. The fraction of sp³-hybridized carbons (Fsp3) is 0.263. The van der Waals surface area contributed by atoms with Crippen LogP contribution in [-0.4, -0.2) is 18.5 Å². The number of hydrogen-bond donors (Lipinski definition) is 0. The summed E-state index contributed by atoms with van der Waals surface area (Å²) in [5.74, 6) is -0.942. The van der Waals surface area contributed by atoms with Crippen LogP contribution in [0.5, 0.6) is 5.75 Å². The number of hydrogen-bond acceptors (Lipinski definition) is 4. The summed E-state index contributed by atoms with van der Waals surface area (Å²) in [6, 6.07) is 10.9. The van der Waals surface area contributed by atoms with Crippen LogP contribution in [0.2, 0.25) is 10.0 Å². The Morgan fingerprint density at radius 1 is 0.960 bits per heavy atom. The van der Waals surface area contributed by atoms with Crippen LogP contribution in [0.3, 0.4) is 0 Å². The molecule has 0 unspecified atom stereocenters. The molecule has 2 aromatic carbocycles. The first-order valence-electron chi connectivity index (χ1n) is 7.96. The van der Waals surface area contributed by atoms with Crippen LogP contribution in [-0.2, 0) is 4.74 Å². The number of benzene rings is 2. The number of ether oxygens (including phenoxy) is 2. The Kier molecular flexibility index (Phi) is 7.29. The molecule has 2 aromatic rings. The van der Waals surface area contributed by atoms with Crippen molar-refractivity contribution in [2.45, 2.75) is 26.2 Å². The topological polar surface area (TPSA) is 52.6 Å². The highest BCUT2D eigenvalue weighted by molar-refractivity contribution is 6.43. The smallest absolute Gasteiger partial charge is 0.343 e. The molecule has 4 nitrogen and oxygen atoms in total. The van der Waals surface area contributed by atoms with E-state index in [0.717, 1.165) is 19.3 Å². The lowest BCUT2D eigenvalue weighted by Gasteiger charge is -2.08. The molecular weight excluding hydrogens is 363 g/mol. The Hall–Kier alpha value is -2.04. The summed E-state index contributed by atoms with van der Waals surface area (Å²) in [6.07, 6.45) is 2.86. The van der Waals surface area contributed by atoms with E-state index in [1.807, 2.05) is 0 Å². The Bertz CT molecular complexity index is 759. The average Bonchev–Trinajstić information content (AvgIpc) is 2.62. The van der Waals surface area contributed by atoms with E-state index in [1.165, 1.54) is 12.1 Å². The van der Waals surface area contributed by atoms with Gasteiger partial charge in [0, 0.05) is 0 Å². The third kappa shape index (κ3) is 5.48. The van der Waals surface area contributed by atoms with Crippen LogP contribution in [0.25, 0.3) is 0 Å². The number of halogens is 2. The van der Waals surface area contributed by atoms with Crippen molar-refractivity contribution in [3.05, 3.63) is 63.6 Å². The van der Waals surface area contributed by atoms with Crippen molar-refractivity contribution in [1.82, 2.24) is 0 Å². The molecule has 0 N–H and O–H groups in total. The van der Waals surface area contributed by atoms with Crippen LogP contribution in [0.1, 0.15) is 46.9 Å². The summed E-state index contributed by atoms with van der Waals surface area (Å²) >= 11 is 11.9. The molecular formula is C19H18Cl2O4. The SMILES string of the molecule is CCCCCOC(=O)c1cccc(C(=O)Oc2cccc(Cl)c2Cl)c1. The van der Waals surface area contributed by atoms with Gasteiger partial charge in [0.1, 0.15) is 5.02 Å². The van der Waals surface area contributed by atoms with Crippen molar-refractivity contribution in [2.75, 3.05) is 6.61 Å². The van der Waals surface area contributed by atoms with E-state index >= 15 is 0 Å². The molecule has 0 aliphatic carbocycles. The highest BCUT2D eigenvalue weighted by atomic mass is 35.5. The zero-order valence-electron chi connectivity index (χ0n) is 13.8. The first kappa shape index (κ1) is 19.3. The molecule has 0 heterocycles. The Balaban J connectivity index is 2.06. The quantitative estimate of drug-likeness (QED) is 0.358. The molecule has 0 aromatic heterocycles. The number of unbranched alkanes of at least 4 members (excludes halogenated alkanes) is 2. The van der Waals surface area contributed by atoms with Crippen molar-refractivity contribution >= 4 is 35.1 Å². The first-order chi connectivity index (χ1) is 12.0. The predicted octanol–water partition coefficient (Wildman–Crippen LogP) is 5.56. The second-order valence-corrected chi connectivity index (χ2v) is 6.15. The average molecular weight is 381 g/mol. The van der Waals surface area contributed by atoms with Gasteiger partial charge in [0.2, 0.25) is 0 Å². The van der Waals surface area contributed by atoms with Crippen molar-refractivity contribution in [3.8, 4) is 5.75 Å². The summed E-state index contributed by atoms with van der Waals surface area (Å²) in [4.78, 5) is 24.3. The highest BCUT2D eigenvalue weighted by Gasteiger charge is 2.15. The van der Waals surface area contributed by atoms with Crippen LogP contribution < -0.4 is 4.74 Å². The van der Waals surface area contributed by atoms with Crippen molar-refractivity contribution < 1.29 is 19.1 Å². The maximum Gasteiger partial charge on any atom is 0.343 e. The fourth-order valence-electron chi connectivity index (χ4n) is 2.10. The molecule has 0 saturated heterocycles. The van der Waals surface area contributed by atoms with Gasteiger partial charge < -0.3 is 9.47 Å². The van der Waals surface area contributed by atoms with E-state index in [9.17, 15) is 9.59 Å². The Labute approximate surface area is 156 Å². The van der Waals surface area contributed by atoms with E-state index < -0.39 is 11.9 Å². The minimum atomic E-state index is -0.634. The van der Waals surface area contributed by atoms with Gasteiger partial charge in [-0.2, -0.15) is 0 Å². The summed E-state index contributed by atoms with van der Waals surface area (Å²) in [6.45, 7) is 2.43. The zero-order valence-corrected chi connectivity index (χ0v) is 15.3. The van der Waals surface area contributed by atoms with Crippen LogP contribution >= 0.6 is 23.2 Å². The van der Waals surface area contributed by atoms with Crippen molar-refractivity contribution in [1.29, 1.82) is 0 Å². The van der Waals surface area contributed by atoms with E-state index in [4.69, 9.17) is 32.7 Å². The maximum absolute atomic E-state index is 12.3. The van der Waals surface area contributed by atoms with Gasteiger partial charge in [-0.1, -0.05) is 55.1 Å². The minimum Gasteiger partial charge on any atom is -0.462 e. The molecule has 0 aliphatic heterocycles. The largest absolute Gasteiger partial charge is 0.462 e. The van der Waals surface area contributed by atoms with E-state index in [1.54, 1.807) is 30.3 Å². The second-order valence-electron chi connectivity index (χ2n) is 5.37. The standard InChI is InChI=1S/C19H18Cl2O4/c1-2-3-4-11-24-18(22)13-7-5-8-14(12-13)19(23)25-16-10-6-9-15(20)17(16)21/h5-10,12H,2-4,11H2,1H3. The van der Waals surface area contributed by atoms with Gasteiger partial charge in [-0.25, -0.2) is 9.59 Å². The summed E-state index contributed by atoms with van der Waals surface area (Å²) in [7, 11) is 0. The molecule has 25 heavy (non-hydrogen) atoms. The lowest BCUT2D eigenvalue weighted by atomic mass is 10.1. The van der Waals surface area contributed by atoms with E-state index in [-0.39, 0.29) is 21.4 Å². The van der Waals surface area contributed by atoms with Gasteiger partial charge in [0.15, 0.2) is 5.75 Å². The predicted molar refractivity (Wildman–Crippen MR) is 97.7 cm³/mol. The second kappa shape index (κ2) is 9.44. The summed E-state index contributed by atoms with van der Waals surface area (Å²) in [5.41, 5.74) is 0.516. The van der Waals surface area contributed by atoms with Gasteiger partial charge in [0.25, 0.3) is 0 Å². The van der Waals surface area contributed by atoms with Crippen LogP contribution in [0.15, 0.2) is 42.5 Å². The van der Waals surface area contributed by atoms with Gasteiger partial charge in [-0.15, -0.1) is 0 Å². The summed E-state index contributed by atoms with van der Waals surface area (Å²) in [5, 5.41) is 0.445. The van der Waals surface area contributed by atoms with Gasteiger partial charge >= 0.3 is 11.9 Å². The lowest BCUT2D eigenvalue weighted by Crippen LogP contribution is -2.11. The third-order valence-electron chi connectivity index (χ3n) is 3.43. The number of rotatable bonds is 7. The van der Waals surface area contributed by atoms with Gasteiger partial charge in [0.05, 0.1) is 22.8 Å². The monoisotopic (exact) mass is 380 g/mol. The molecule has 6 heteroatoms. The number of carbonyl (C=O) groups excluding carboxylic acids is 2. The van der Waals surface area contributed by atoms with Crippen LogP contribution in [0, 0.1) is 0 Å². The van der Waals surface area contributed by atoms with Crippen molar-refractivity contribution in [3.63, 3.8) is 0 Å². The molecule has 0 saturated carbocycles. The molecule has 0 amide bonds. The number of esters is 2. The Morgan fingerprint density at radius 3 is 2.36 bits per heavy atom.